The summed E-state index contributed by atoms with van der Waals surface area (Å²) in [5, 5.41) is 2.80. The van der Waals surface area contributed by atoms with Crippen molar-refractivity contribution < 1.29 is 4.74 Å². The Morgan fingerprint density at radius 2 is 1.94 bits per heavy atom. The summed E-state index contributed by atoms with van der Waals surface area (Å²) in [6, 6.07) is 9.95. The second-order valence-electron chi connectivity index (χ2n) is 3.91. The highest BCUT2D eigenvalue weighted by Gasteiger charge is 2.08. The van der Waals surface area contributed by atoms with E-state index in [0.29, 0.717) is 5.02 Å². The molecule has 0 radical (unpaired) electrons. The molecule has 0 N–H and O–H groups in total. The molecule has 0 aromatic heterocycles. The van der Waals surface area contributed by atoms with Gasteiger partial charge in [-0.25, -0.2) is 0 Å². The SMILES string of the molecule is CC(C)Oc1ccc2cc(Br)ccc2c1Cl. The van der Waals surface area contributed by atoms with E-state index in [1.807, 2.05) is 44.2 Å². The number of hydrogen-bond donors (Lipinski definition) is 0. The fraction of sp³-hybridized carbons (Fsp3) is 0.231. The van der Waals surface area contributed by atoms with Crippen LogP contribution in [0.5, 0.6) is 5.75 Å². The lowest BCUT2D eigenvalue weighted by Crippen LogP contribution is -2.05. The topological polar surface area (TPSA) is 9.23 Å². The molecule has 2 rings (SSSR count). The van der Waals surface area contributed by atoms with Gasteiger partial charge in [0.2, 0.25) is 0 Å². The van der Waals surface area contributed by atoms with Crippen LogP contribution in [-0.2, 0) is 0 Å². The number of benzene rings is 2. The fourth-order valence-corrected chi connectivity index (χ4v) is 2.25. The van der Waals surface area contributed by atoms with Crippen molar-refractivity contribution in [2.45, 2.75) is 20.0 Å². The van der Waals surface area contributed by atoms with E-state index in [4.69, 9.17) is 16.3 Å². The predicted molar refractivity (Wildman–Crippen MR) is 72.4 cm³/mol. The third kappa shape index (κ3) is 2.33. The molecule has 16 heavy (non-hydrogen) atoms. The summed E-state index contributed by atoms with van der Waals surface area (Å²) >= 11 is 9.74. The Morgan fingerprint density at radius 1 is 1.19 bits per heavy atom. The lowest BCUT2D eigenvalue weighted by atomic mass is 10.1. The van der Waals surface area contributed by atoms with Crippen molar-refractivity contribution >= 4 is 38.3 Å². The second-order valence-corrected chi connectivity index (χ2v) is 5.20. The first kappa shape index (κ1) is 11.7. The van der Waals surface area contributed by atoms with Gasteiger partial charge in [-0.3, -0.25) is 0 Å². The Balaban J connectivity index is 2.56. The molecule has 0 saturated carbocycles. The Labute approximate surface area is 108 Å². The minimum Gasteiger partial charge on any atom is -0.489 e. The van der Waals surface area contributed by atoms with Gasteiger partial charge in [-0.2, -0.15) is 0 Å². The smallest absolute Gasteiger partial charge is 0.138 e. The summed E-state index contributed by atoms with van der Waals surface area (Å²) < 4.78 is 6.69. The molecular weight excluding hydrogens is 287 g/mol. The van der Waals surface area contributed by atoms with Crippen molar-refractivity contribution in [1.82, 2.24) is 0 Å². The third-order valence-electron chi connectivity index (χ3n) is 2.24. The van der Waals surface area contributed by atoms with Crippen molar-refractivity contribution in [1.29, 1.82) is 0 Å². The summed E-state index contributed by atoms with van der Waals surface area (Å²) in [5.41, 5.74) is 0. The number of fused-ring (bicyclic) bond motifs is 1. The molecule has 84 valence electrons. The first-order valence-corrected chi connectivity index (χ1v) is 6.29. The van der Waals surface area contributed by atoms with Gasteiger partial charge in [-0.15, -0.1) is 0 Å². The van der Waals surface area contributed by atoms with Crippen molar-refractivity contribution in [3.8, 4) is 5.75 Å². The monoisotopic (exact) mass is 298 g/mol. The summed E-state index contributed by atoms with van der Waals surface area (Å²) in [6.07, 6.45) is 0.130. The lowest BCUT2D eigenvalue weighted by Gasteiger charge is -2.12. The zero-order valence-electron chi connectivity index (χ0n) is 9.13. The summed E-state index contributed by atoms with van der Waals surface area (Å²) in [6.45, 7) is 3.98. The van der Waals surface area contributed by atoms with Crippen LogP contribution in [0.3, 0.4) is 0 Å². The van der Waals surface area contributed by atoms with Crippen molar-refractivity contribution in [2.24, 2.45) is 0 Å². The number of hydrogen-bond acceptors (Lipinski definition) is 1. The van der Waals surface area contributed by atoms with E-state index in [1.165, 1.54) is 0 Å². The Bertz CT molecular complexity index is 523. The van der Waals surface area contributed by atoms with Gasteiger partial charge >= 0.3 is 0 Å². The number of halogens is 2. The van der Waals surface area contributed by atoms with Gasteiger partial charge in [0.1, 0.15) is 5.75 Å². The van der Waals surface area contributed by atoms with Crippen LogP contribution in [0.15, 0.2) is 34.8 Å². The van der Waals surface area contributed by atoms with E-state index in [0.717, 1.165) is 21.0 Å². The second kappa shape index (κ2) is 4.64. The molecule has 0 unspecified atom stereocenters. The molecule has 0 aliphatic heterocycles. The molecule has 0 heterocycles. The van der Waals surface area contributed by atoms with Crippen molar-refractivity contribution in [2.75, 3.05) is 0 Å². The minimum atomic E-state index is 0.130. The zero-order chi connectivity index (χ0) is 11.7. The maximum absolute atomic E-state index is 6.30. The van der Waals surface area contributed by atoms with Crippen LogP contribution < -0.4 is 4.74 Å². The molecule has 0 atom stereocenters. The average molecular weight is 300 g/mol. The molecule has 1 nitrogen and oxygen atoms in total. The molecule has 0 saturated heterocycles. The van der Waals surface area contributed by atoms with Crippen molar-refractivity contribution in [3.63, 3.8) is 0 Å². The summed E-state index contributed by atoms with van der Waals surface area (Å²) in [7, 11) is 0. The average Bonchev–Trinajstić information content (AvgIpc) is 2.22. The molecule has 0 bridgehead atoms. The number of rotatable bonds is 2. The molecule has 0 amide bonds. The van der Waals surface area contributed by atoms with Crippen LogP contribution in [0.25, 0.3) is 10.8 Å². The van der Waals surface area contributed by atoms with E-state index in [2.05, 4.69) is 15.9 Å². The zero-order valence-corrected chi connectivity index (χ0v) is 11.5. The lowest BCUT2D eigenvalue weighted by molar-refractivity contribution is 0.243. The van der Waals surface area contributed by atoms with Gasteiger partial charge in [-0.1, -0.05) is 39.7 Å². The van der Waals surface area contributed by atoms with E-state index in [-0.39, 0.29) is 6.10 Å². The van der Waals surface area contributed by atoms with E-state index >= 15 is 0 Å². The van der Waals surface area contributed by atoms with E-state index in [9.17, 15) is 0 Å². The van der Waals surface area contributed by atoms with Gasteiger partial charge in [-0.05, 0) is 37.4 Å². The molecule has 2 aromatic rings. The van der Waals surface area contributed by atoms with Crippen LogP contribution in [0, 0.1) is 0 Å². The van der Waals surface area contributed by atoms with Gasteiger partial charge in [0.25, 0.3) is 0 Å². The minimum absolute atomic E-state index is 0.130. The van der Waals surface area contributed by atoms with Crippen LogP contribution in [0.4, 0.5) is 0 Å². The van der Waals surface area contributed by atoms with Gasteiger partial charge < -0.3 is 4.74 Å². The van der Waals surface area contributed by atoms with Crippen LogP contribution >= 0.6 is 27.5 Å². The molecule has 2 aromatic carbocycles. The maximum atomic E-state index is 6.30. The molecule has 0 aliphatic carbocycles. The molecule has 0 fully saturated rings. The molecule has 0 aliphatic rings. The largest absolute Gasteiger partial charge is 0.489 e. The number of ether oxygens (including phenoxy) is 1. The molecule has 0 spiro atoms. The third-order valence-corrected chi connectivity index (χ3v) is 3.13. The van der Waals surface area contributed by atoms with Crippen LogP contribution in [0.2, 0.25) is 5.02 Å². The normalized spacial score (nSPS) is 11.1. The van der Waals surface area contributed by atoms with E-state index < -0.39 is 0 Å². The standard InChI is InChI=1S/C13H12BrClO/c1-8(2)16-12-6-3-9-7-10(14)4-5-11(9)13(12)15/h3-8H,1-2H3. The molecular formula is C13H12BrClO. The van der Waals surface area contributed by atoms with E-state index in [1.54, 1.807) is 0 Å². The highest BCUT2D eigenvalue weighted by atomic mass is 79.9. The Kier molecular flexibility index (Phi) is 3.41. The fourth-order valence-electron chi connectivity index (χ4n) is 1.59. The first-order valence-electron chi connectivity index (χ1n) is 5.12. The van der Waals surface area contributed by atoms with Gasteiger partial charge in [0.05, 0.1) is 11.1 Å². The summed E-state index contributed by atoms with van der Waals surface area (Å²) in [5.74, 6) is 0.742. The highest BCUT2D eigenvalue weighted by molar-refractivity contribution is 9.10. The van der Waals surface area contributed by atoms with Crippen molar-refractivity contribution in [3.05, 3.63) is 39.8 Å². The van der Waals surface area contributed by atoms with Gasteiger partial charge in [0, 0.05) is 9.86 Å². The quantitative estimate of drug-likeness (QED) is 0.754. The first-order chi connectivity index (χ1) is 7.58. The van der Waals surface area contributed by atoms with Gasteiger partial charge in [0.15, 0.2) is 0 Å². The predicted octanol–water partition coefficient (Wildman–Crippen LogP) is 5.04. The Morgan fingerprint density at radius 3 is 2.62 bits per heavy atom. The maximum Gasteiger partial charge on any atom is 0.138 e. The van der Waals surface area contributed by atoms with Crippen LogP contribution in [-0.4, -0.2) is 6.10 Å². The Hall–Kier alpha value is -0.730. The van der Waals surface area contributed by atoms with Crippen LogP contribution in [0.1, 0.15) is 13.8 Å². The highest BCUT2D eigenvalue weighted by Crippen LogP contribution is 2.34. The summed E-state index contributed by atoms with van der Waals surface area (Å²) in [4.78, 5) is 0. The molecule has 3 heteroatoms.